The Kier molecular flexibility index (Phi) is 4.49. The smallest absolute Gasteiger partial charge is 0.326 e. The summed E-state index contributed by atoms with van der Waals surface area (Å²) in [5.41, 5.74) is 1.22. The highest BCUT2D eigenvalue weighted by molar-refractivity contribution is 6.28. The molecule has 2 aromatic rings. The predicted octanol–water partition coefficient (Wildman–Crippen LogP) is 1.59. The van der Waals surface area contributed by atoms with Gasteiger partial charge in [-0.05, 0) is 30.5 Å². The third-order valence-corrected chi connectivity index (χ3v) is 4.18. The van der Waals surface area contributed by atoms with Crippen LogP contribution >= 0.6 is 0 Å². The van der Waals surface area contributed by atoms with Gasteiger partial charge in [-0.2, -0.15) is 0 Å². The number of benzene rings is 1. The second kappa shape index (κ2) is 6.75. The van der Waals surface area contributed by atoms with Gasteiger partial charge in [-0.15, -0.1) is 0 Å². The quantitative estimate of drug-likeness (QED) is 0.676. The topological polar surface area (TPSA) is 120 Å². The Bertz CT molecular complexity index is 859. The molecule has 0 bridgehead atoms. The van der Waals surface area contributed by atoms with Gasteiger partial charge in [-0.25, -0.2) is 9.69 Å². The second-order valence-electron chi connectivity index (χ2n) is 5.82. The lowest BCUT2D eigenvalue weighted by molar-refractivity contribution is -0.141. The molecule has 26 heavy (non-hydrogen) atoms. The summed E-state index contributed by atoms with van der Waals surface area (Å²) in [4.78, 5) is 35.8. The summed E-state index contributed by atoms with van der Waals surface area (Å²) in [7, 11) is 0. The number of nitrogens with zero attached hydrogens (tertiary/aromatic N) is 2. The van der Waals surface area contributed by atoms with E-state index in [2.05, 4.69) is 0 Å². The van der Waals surface area contributed by atoms with Crippen molar-refractivity contribution >= 4 is 23.5 Å². The van der Waals surface area contributed by atoms with E-state index >= 15 is 0 Å². The van der Waals surface area contributed by atoms with Crippen LogP contribution in [0.25, 0.3) is 0 Å². The van der Waals surface area contributed by atoms with E-state index in [0.717, 1.165) is 15.0 Å². The van der Waals surface area contributed by atoms with E-state index in [-0.39, 0.29) is 18.2 Å². The highest BCUT2D eigenvalue weighted by atomic mass is 16.4. The van der Waals surface area contributed by atoms with Crippen molar-refractivity contribution in [3.05, 3.63) is 54.1 Å². The highest BCUT2D eigenvalue weighted by Crippen LogP contribution is 2.30. The van der Waals surface area contributed by atoms with E-state index in [1.807, 2.05) is 0 Å². The number of amides is 2. The first kappa shape index (κ1) is 17.3. The molecule has 1 aromatic heterocycles. The van der Waals surface area contributed by atoms with E-state index in [4.69, 9.17) is 0 Å². The maximum absolute atomic E-state index is 11.7. The minimum absolute atomic E-state index is 0.133. The normalized spacial score (nSPS) is 14.8. The summed E-state index contributed by atoms with van der Waals surface area (Å²) >= 11 is 0. The lowest BCUT2D eigenvalue weighted by Gasteiger charge is -2.17. The third-order valence-electron chi connectivity index (χ3n) is 4.18. The summed E-state index contributed by atoms with van der Waals surface area (Å²) in [5.74, 6) is -2.66. The minimum atomic E-state index is -1.18. The number of hydrogen-bond acceptors (Lipinski definition) is 5. The van der Waals surface area contributed by atoms with Crippen LogP contribution < -0.4 is 4.90 Å². The average Bonchev–Trinajstić information content (AvgIpc) is 3.11. The molecule has 2 amide bonds. The lowest BCUT2D eigenvalue weighted by Crippen LogP contribution is -2.29. The van der Waals surface area contributed by atoms with Gasteiger partial charge in [0.25, 0.3) is 11.8 Å². The van der Waals surface area contributed by atoms with E-state index in [0.29, 0.717) is 12.1 Å². The van der Waals surface area contributed by atoms with Gasteiger partial charge in [0.05, 0.1) is 5.69 Å². The van der Waals surface area contributed by atoms with Gasteiger partial charge in [0.15, 0.2) is 11.8 Å². The van der Waals surface area contributed by atoms with Crippen LogP contribution in [0.3, 0.4) is 0 Å². The number of anilines is 1. The minimum Gasteiger partial charge on any atom is -0.494 e. The lowest BCUT2D eigenvalue weighted by atomic mass is 10.0. The van der Waals surface area contributed by atoms with Gasteiger partial charge in [-0.3, -0.25) is 14.2 Å². The fourth-order valence-corrected chi connectivity index (χ4v) is 2.88. The zero-order valence-corrected chi connectivity index (χ0v) is 13.6. The van der Waals surface area contributed by atoms with Crippen LogP contribution in [-0.2, 0) is 20.8 Å². The molecule has 2 heterocycles. The Labute approximate surface area is 148 Å². The van der Waals surface area contributed by atoms with Crippen LogP contribution in [0.2, 0.25) is 0 Å². The third kappa shape index (κ3) is 3.16. The van der Waals surface area contributed by atoms with Gasteiger partial charge in [0.2, 0.25) is 0 Å². The number of imide groups is 1. The van der Waals surface area contributed by atoms with Crippen LogP contribution in [0, 0.1) is 0 Å². The van der Waals surface area contributed by atoms with E-state index < -0.39 is 23.8 Å². The van der Waals surface area contributed by atoms with Gasteiger partial charge >= 0.3 is 5.97 Å². The number of rotatable bonds is 6. The number of aryl methyl sites for hydroxylation is 1. The summed E-state index contributed by atoms with van der Waals surface area (Å²) in [6, 6.07) is 7.92. The fraction of sp³-hybridized carbons (Fsp3) is 0.167. The Hall–Kier alpha value is -3.55. The molecule has 0 aliphatic carbocycles. The maximum atomic E-state index is 11.7. The first-order valence-electron chi connectivity index (χ1n) is 7.85. The van der Waals surface area contributed by atoms with Crippen molar-refractivity contribution < 1.29 is 29.7 Å². The van der Waals surface area contributed by atoms with Crippen LogP contribution in [0.15, 0.2) is 48.6 Å². The van der Waals surface area contributed by atoms with Crippen molar-refractivity contribution in [1.29, 1.82) is 0 Å². The fourth-order valence-electron chi connectivity index (χ4n) is 2.88. The van der Waals surface area contributed by atoms with Crippen LogP contribution in [0.5, 0.6) is 11.8 Å². The molecule has 1 atom stereocenters. The molecule has 134 valence electrons. The molecule has 0 saturated heterocycles. The monoisotopic (exact) mass is 356 g/mol. The molecule has 1 aliphatic rings. The molecule has 8 heteroatoms. The molecule has 0 radical (unpaired) electrons. The molecule has 0 spiro atoms. The maximum Gasteiger partial charge on any atom is 0.326 e. The largest absolute Gasteiger partial charge is 0.494 e. The Morgan fingerprint density at radius 3 is 1.96 bits per heavy atom. The molecular formula is C18H16N2O6. The van der Waals surface area contributed by atoms with Crippen molar-refractivity contribution in [2.75, 3.05) is 4.90 Å². The van der Waals surface area contributed by atoms with Crippen LogP contribution in [0.1, 0.15) is 18.0 Å². The number of aromatic nitrogens is 1. The van der Waals surface area contributed by atoms with Crippen molar-refractivity contribution in [1.82, 2.24) is 4.57 Å². The molecule has 1 aliphatic heterocycles. The first-order chi connectivity index (χ1) is 12.4. The predicted molar refractivity (Wildman–Crippen MR) is 90.8 cm³/mol. The van der Waals surface area contributed by atoms with E-state index in [1.165, 1.54) is 24.3 Å². The van der Waals surface area contributed by atoms with E-state index in [1.54, 1.807) is 24.3 Å². The first-order valence-corrected chi connectivity index (χ1v) is 7.85. The van der Waals surface area contributed by atoms with Crippen LogP contribution in [0.4, 0.5) is 5.69 Å². The Morgan fingerprint density at radius 1 is 0.923 bits per heavy atom. The van der Waals surface area contributed by atoms with Crippen molar-refractivity contribution in [2.24, 2.45) is 0 Å². The van der Waals surface area contributed by atoms with Gasteiger partial charge in [0.1, 0.15) is 6.04 Å². The number of carboxylic acids is 1. The zero-order valence-electron chi connectivity index (χ0n) is 13.6. The summed E-state index contributed by atoms with van der Waals surface area (Å²) < 4.78 is 0.948. The summed E-state index contributed by atoms with van der Waals surface area (Å²) in [6.07, 6.45) is 2.88. The van der Waals surface area contributed by atoms with E-state index in [9.17, 15) is 29.7 Å². The molecule has 1 unspecified atom stereocenters. The number of carbonyl (C=O) groups excluding carboxylic acids is 2. The number of carboxylic acid groups (broad SMARTS) is 1. The molecule has 8 nitrogen and oxygen atoms in total. The zero-order chi connectivity index (χ0) is 18.8. The van der Waals surface area contributed by atoms with Crippen LogP contribution in [-0.4, -0.2) is 37.7 Å². The van der Waals surface area contributed by atoms with Gasteiger partial charge in [0, 0.05) is 24.3 Å². The number of aliphatic carboxylic acids is 1. The molecular weight excluding hydrogens is 340 g/mol. The number of carbonyl (C=O) groups is 3. The average molecular weight is 356 g/mol. The molecule has 0 fully saturated rings. The summed E-state index contributed by atoms with van der Waals surface area (Å²) in [6.45, 7) is 0. The summed E-state index contributed by atoms with van der Waals surface area (Å²) in [5, 5.41) is 28.8. The number of hydrogen-bond donors (Lipinski definition) is 3. The van der Waals surface area contributed by atoms with Crippen molar-refractivity contribution in [3.8, 4) is 11.8 Å². The van der Waals surface area contributed by atoms with Crippen molar-refractivity contribution in [2.45, 2.75) is 18.9 Å². The highest BCUT2D eigenvalue weighted by Gasteiger charge is 2.26. The Morgan fingerprint density at radius 2 is 1.46 bits per heavy atom. The second-order valence-corrected chi connectivity index (χ2v) is 5.82. The molecule has 0 saturated carbocycles. The molecule has 3 N–H and O–H groups in total. The number of aromatic hydroxyl groups is 2. The van der Waals surface area contributed by atoms with Crippen molar-refractivity contribution in [3.63, 3.8) is 0 Å². The Balaban J connectivity index is 1.72. The van der Waals surface area contributed by atoms with Gasteiger partial charge < -0.3 is 15.3 Å². The SMILES string of the molecule is O=C(O)C(CCc1ccc(N2C(=O)C=CC2=O)cc1)n1c(O)ccc1O. The molecule has 3 rings (SSSR count). The van der Waals surface area contributed by atoms with Gasteiger partial charge in [-0.1, -0.05) is 12.1 Å². The standard InChI is InChI=1S/C18H16N2O6/c21-14-7-8-15(22)19(14)12-4-1-11(2-5-12)3-6-13(18(25)26)20-16(23)9-10-17(20)24/h1-2,4-5,7-10,13,23-24H,3,6H2,(H,25,26). The molecule has 1 aromatic carbocycles.